The standard InChI is InChI=1S/C9H9ClN2OS/c10-2-3-11-9(13)7-5-8-6(12-7)1-4-14-8/h1,4-5,12H,2-3H2,(H,11,13). The third kappa shape index (κ3) is 1.76. The number of nitrogens with one attached hydrogen (secondary N) is 2. The summed E-state index contributed by atoms with van der Waals surface area (Å²) in [7, 11) is 0. The summed E-state index contributed by atoms with van der Waals surface area (Å²) in [5.41, 5.74) is 1.60. The molecule has 0 saturated carbocycles. The first kappa shape index (κ1) is 9.55. The van der Waals surface area contributed by atoms with Gasteiger partial charge in [0.25, 0.3) is 5.91 Å². The molecule has 2 aromatic heterocycles. The van der Waals surface area contributed by atoms with Crippen LogP contribution in [0, 0.1) is 0 Å². The minimum atomic E-state index is -0.103. The van der Waals surface area contributed by atoms with Crippen LogP contribution >= 0.6 is 22.9 Å². The molecule has 0 radical (unpaired) electrons. The fraction of sp³-hybridized carbons (Fsp3) is 0.222. The van der Waals surface area contributed by atoms with E-state index in [1.165, 1.54) is 0 Å². The molecule has 0 aliphatic heterocycles. The van der Waals surface area contributed by atoms with Crippen LogP contribution in [0.15, 0.2) is 17.5 Å². The topological polar surface area (TPSA) is 44.9 Å². The van der Waals surface area contributed by atoms with E-state index in [4.69, 9.17) is 11.6 Å². The number of aromatic amines is 1. The molecule has 1 amide bonds. The molecule has 74 valence electrons. The van der Waals surface area contributed by atoms with Crippen LogP contribution in [0.5, 0.6) is 0 Å². The van der Waals surface area contributed by atoms with E-state index in [-0.39, 0.29) is 5.91 Å². The number of alkyl halides is 1. The average molecular weight is 229 g/mol. The molecule has 0 spiro atoms. The maximum absolute atomic E-state index is 11.5. The molecular formula is C9H9ClN2OS. The first-order chi connectivity index (χ1) is 6.81. The van der Waals surface area contributed by atoms with Crippen LogP contribution in [-0.4, -0.2) is 23.3 Å². The summed E-state index contributed by atoms with van der Waals surface area (Å²) in [4.78, 5) is 14.5. The first-order valence-electron chi connectivity index (χ1n) is 4.21. The number of carbonyl (C=O) groups is 1. The van der Waals surface area contributed by atoms with E-state index < -0.39 is 0 Å². The Balaban J connectivity index is 2.18. The van der Waals surface area contributed by atoms with Crippen molar-refractivity contribution in [1.82, 2.24) is 10.3 Å². The second-order valence-electron chi connectivity index (χ2n) is 2.83. The number of aromatic nitrogens is 1. The molecule has 0 atom stereocenters. The lowest BCUT2D eigenvalue weighted by Crippen LogP contribution is -2.25. The predicted octanol–water partition coefficient (Wildman–Crippen LogP) is 2.20. The molecule has 14 heavy (non-hydrogen) atoms. The van der Waals surface area contributed by atoms with Crippen LogP contribution in [0.25, 0.3) is 10.2 Å². The van der Waals surface area contributed by atoms with Crippen molar-refractivity contribution in [3.05, 3.63) is 23.2 Å². The lowest BCUT2D eigenvalue weighted by molar-refractivity contribution is 0.0952. The Morgan fingerprint density at radius 2 is 2.50 bits per heavy atom. The molecule has 0 aliphatic carbocycles. The van der Waals surface area contributed by atoms with E-state index >= 15 is 0 Å². The van der Waals surface area contributed by atoms with E-state index in [0.717, 1.165) is 10.2 Å². The molecule has 2 aromatic rings. The first-order valence-corrected chi connectivity index (χ1v) is 5.63. The average Bonchev–Trinajstić information content (AvgIpc) is 2.72. The molecule has 2 heterocycles. The van der Waals surface area contributed by atoms with Crippen molar-refractivity contribution in [2.75, 3.05) is 12.4 Å². The molecule has 0 saturated heterocycles. The summed E-state index contributed by atoms with van der Waals surface area (Å²) in [5.74, 6) is 0.329. The predicted molar refractivity (Wildman–Crippen MR) is 59.2 cm³/mol. The van der Waals surface area contributed by atoms with Gasteiger partial charge in [0.1, 0.15) is 5.69 Å². The molecule has 3 nitrogen and oxygen atoms in total. The zero-order chi connectivity index (χ0) is 9.97. The number of H-pyrrole nitrogens is 1. The molecule has 2 N–H and O–H groups in total. The van der Waals surface area contributed by atoms with Crippen molar-refractivity contribution in [3.63, 3.8) is 0 Å². The largest absolute Gasteiger partial charge is 0.350 e. The Morgan fingerprint density at radius 1 is 1.64 bits per heavy atom. The van der Waals surface area contributed by atoms with Crippen molar-refractivity contribution < 1.29 is 4.79 Å². The normalized spacial score (nSPS) is 10.6. The van der Waals surface area contributed by atoms with Gasteiger partial charge in [-0.3, -0.25) is 4.79 Å². The van der Waals surface area contributed by atoms with Crippen LogP contribution in [0.2, 0.25) is 0 Å². The Hall–Kier alpha value is -1.00. The quantitative estimate of drug-likeness (QED) is 0.778. The van der Waals surface area contributed by atoms with Crippen molar-refractivity contribution >= 4 is 39.1 Å². The summed E-state index contributed by atoms with van der Waals surface area (Å²) in [6, 6.07) is 3.81. The fourth-order valence-corrected chi connectivity index (χ4v) is 2.10. The lowest BCUT2D eigenvalue weighted by Gasteiger charge is -1.98. The number of halogens is 1. The molecule has 5 heteroatoms. The number of fused-ring (bicyclic) bond motifs is 1. The fourth-order valence-electron chi connectivity index (χ4n) is 1.23. The van der Waals surface area contributed by atoms with E-state index in [2.05, 4.69) is 10.3 Å². The molecule has 0 unspecified atom stereocenters. The van der Waals surface area contributed by atoms with Crippen LogP contribution < -0.4 is 5.32 Å². The number of hydrogen-bond acceptors (Lipinski definition) is 2. The lowest BCUT2D eigenvalue weighted by atomic mass is 10.4. The Labute approximate surface area is 90.1 Å². The molecular weight excluding hydrogens is 220 g/mol. The van der Waals surface area contributed by atoms with Gasteiger partial charge >= 0.3 is 0 Å². The van der Waals surface area contributed by atoms with Gasteiger partial charge < -0.3 is 10.3 Å². The summed E-state index contributed by atoms with van der Waals surface area (Å²) in [5, 5.41) is 4.69. The maximum Gasteiger partial charge on any atom is 0.267 e. The highest BCUT2D eigenvalue weighted by Gasteiger charge is 2.08. The minimum Gasteiger partial charge on any atom is -0.350 e. The van der Waals surface area contributed by atoms with E-state index in [1.807, 2.05) is 17.5 Å². The monoisotopic (exact) mass is 228 g/mol. The highest BCUT2D eigenvalue weighted by molar-refractivity contribution is 7.17. The zero-order valence-electron chi connectivity index (χ0n) is 7.34. The van der Waals surface area contributed by atoms with Gasteiger partial charge in [0.05, 0.1) is 10.2 Å². The van der Waals surface area contributed by atoms with Crippen molar-refractivity contribution in [2.24, 2.45) is 0 Å². The van der Waals surface area contributed by atoms with Gasteiger partial charge in [-0.2, -0.15) is 0 Å². The van der Waals surface area contributed by atoms with Gasteiger partial charge in [-0.25, -0.2) is 0 Å². The van der Waals surface area contributed by atoms with Gasteiger partial charge in [-0.05, 0) is 17.5 Å². The van der Waals surface area contributed by atoms with Gasteiger partial charge in [-0.15, -0.1) is 22.9 Å². The number of carbonyl (C=O) groups excluding carboxylic acids is 1. The van der Waals surface area contributed by atoms with E-state index in [1.54, 1.807) is 11.3 Å². The zero-order valence-corrected chi connectivity index (χ0v) is 8.91. The summed E-state index contributed by atoms with van der Waals surface area (Å²) < 4.78 is 1.10. The summed E-state index contributed by atoms with van der Waals surface area (Å²) in [6.07, 6.45) is 0. The molecule has 0 bridgehead atoms. The van der Waals surface area contributed by atoms with Crippen LogP contribution in [0.1, 0.15) is 10.5 Å². The summed E-state index contributed by atoms with van der Waals surface area (Å²) in [6.45, 7) is 0.493. The van der Waals surface area contributed by atoms with Crippen molar-refractivity contribution in [3.8, 4) is 0 Å². The SMILES string of the molecule is O=C(NCCCl)c1cc2sccc2[nH]1. The van der Waals surface area contributed by atoms with Crippen LogP contribution in [0.3, 0.4) is 0 Å². The second kappa shape index (κ2) is 4.02. The molecule has 0 aromatic carbocycles. The van der Waals surface area contributed by atoms with Gasteiger partial charge in [-0.1, -0.05) is 0 Å². The number of amides is 1. The van der Waals surface area contributed by atoms with E-state index in [9.17, 15) is 4.79 Å². The van der Waals surface area contributed by atoms with Crippen molar-refractivity contribution in [1.29, 1.82) is 0 Å². The maximum atomic E-state index is 11.5. The number of rotatable bonds is 3. The number of thiophene rings is 1. The highest BCUT2D eigenvalue weighted by atomic mass is 35.5. The van der Waals surface area contributed by atoms with Gasteiger partial charge in [0.2, 0.25) is 0 Å². The van der Waals surface area contributed by atoms with Crippen molar-refractivity contribution in [2.45, 2.75) is 0 Å². The Kier molecular flexibility index (Phi) is 2.74. The smallest absolute Gasteiger partial charge is 0.267 e. The highest BCUT2D eigenvalue weighted by Crippen LogP contribution is 2.20. The third-order valence-corrected chi connectivity index (χ3v) is 2.92. The van der Waals surface area contributed by atoms with Gasteiger partial charge in [0, 0.05) is 12.4 Å². The Morgan fingerprint density at radius 3 is 3.21 bits per heavy atom. The Bertz CT molecular complexity index is 420. The van der Waals surface area contributed by atoms with E-state index in [0.29, 0.717) is 18.1 Å². The molecule has 0 aliphatic rings. The van der Waals surface area contributed by atoms with Gasteiger partial charge in [0.15, 0.2) is 0 Å². The van der Waals surface area contributed by atoms with Crippen LogP contribution in [0.4, 0.5) is 0 Å². The second-order valence-corrected chi connectivity index (χ2v) is 4.15. The summed E-state index contributed by atoms with van der Waals surface area (Å²) >= 11 is 7.08. The molecule has 0 fully saturated rings. The third-order valence-electron chi connectivity index (χ3n) is 1.86. The van der Waals surface area contributed by atoms with Crippen LogP contribution in [-0.2, 0) is 0 Å². The molecule has 2 rings (SSSR count). The number of hydrogen-bond donors (Lipinski definition) is 2. The minimum absolute atomic E-state index is 0.103.